The van der Waals surface area contributed by atoms with Crippen LogP contribution in [-0.4, -0.2) is 34.3 Å². The van der Waals surface area contributed by atoms with Crippen molar-refractivity contribution in [3.8, 4) is 0 Å². The summed E-state index contributed by atoms with van der Waals surface area (Å²) in [6, 6.07) is 4.67. The van der Waals surface area contributed by atoms with E-state index in [-0.39, 0.29) is 0 Å². The first-order valence-corrected chi connectivity index (χ1v) is 9.87. The molecule has 1 atom stereocenters. The van der Waals surface area contributed by atoms with Crippen LogP contribution in [0.5, 0.6) is 0 Å². The van der Waals surface area contributed by atoms with Gasteiger partial charge in [-0.3, -0.25) is 14.5 Å². The average molecular weight is 402 g/mol. The minimum Gasteiger partial charge on any atom is -0.319 e. The van der Waals surface area contributed by atoms with Gasteiger partial charge in [0.15, 0.2) is 5.13 Å². The monoisotopic (exact) mass is 402 g/mol. The first-order valence-electron chi connectivity index (χ1n) is 9.05. The van der Waals surface area contributed by atoms with Crippen molar-refractivity contribution in [2.45, 2.75) is 38.1 Å². The van der Waals surface area contributed by atoms with Crippen molar-refractivity contribution in [2.75, 3.05) is 11.9 Å². The number of carbonyl (C=O) groups is 3. The third kappa shape index (κ3) is 3.26. The molecule has 4 amide bonds. The lowest BCUT2D eigenvalue weighted by atomic mass is 9.92. The Labute approximate surface area is 164 Å². The van der Waals surface area contributed by atoms with E-state index in [9.17, 15) is 18.8 Å². The zero-order chi connectivity index (χ0) is 19.9. The van der Waals surface area contributed by atoms with Crippen LogP contribution >= 0.6 is 11.3 Å². The van der Waals surface area contributed by atoms with Gasteiger partial charge >= 0.3 is 6.03 Å². The number of nitrogens with zero attached hydrogens (tertiary/aromatic N) is 2. The first-order chi connectivity index (χ1) is 13.4. The minimum atomic E-state index is -1.34. The molecule has 0 bridgehead atoms. The molecule has 1 unspecified atom stereocenters. The van der Waals surface area contributed by atoms with Gasteiger partial charge < -0.3 is 10.6 Å². The Bertz CT molecular complexity index is 935. The number of urea groups is 1. The molecule has 7 nitrogen and oxygen atoms in total. The summed E-state index contributed by atoms with van der Waals surface area (Å²) in [6.07, 6.45) is 4.08. The molecule has 0 saturated carbocycles. The highest BCUT2D eigenvalue weighted by molar-refractivity contribution is 7.15. The zero-order valence-corrected chi connectivity index (χ0v) is 16.1. The van der Waals surface area contributed by atoms with Crippen LogP contribution in [0.25, 0.3) is 0 Å². The molecule has 2 N–H and O–H groups in total. The van der Waals surface area contributed by atoms with Gasteiger partial charge in [-0.15, -0.1) is 11.3 Å². The Kier molecular flexibility index (Phi) is 4.62. The number of aromatic nitrogens is 1. The Morgan fingerprint density at radius 1 is 1.29 bits per heavy atom. The van der Waals surface area contributed by atoms with E-state index in [1.807, 2.05) is 0 Å². The van der Waals surface area contributed by atoms with Crippen molar-refractivity contribution in [2.24, 2.45) is 0 Å². The molecule has 2 aromatic rings. The molecule has 2 aliphatic rings. The van der Waals surface area contributed by atoms with Gasteiger partial charge in [-0.05, 0) is 50.3 Å². The standard InChI is InChI=1S/C19H19FN4O3S/c1-19(11-6-8-12(20)9-7-11)16(26)24(18(27)23-19)10-15(25)22-17-21-13-4-2-3-5-14(13)28-17/h6-9H,2-5,10H2,1H3,(H,23,27)(H,21,22,25). The van der Waals surface area contributed by atoms with Gasteiger partial charge in [0.25, 0.3) is 5.91 Å². The summed E-state index contributed by atoms with van der Waals surface area (Å²) in [4.78, 5) is 44.0. The molecule has 0 spiro atoms. The van der Waals surface area contributed by atoms with Crippen molar-refractivity contribution >= 4 is 34.3 Å². The first kappa shape index (κ1) is 18.5. The lowest BCUT2D eigenvalue weighted by Gasteiger charge is -2.22. The second kappa shape index (κ2) is 6.97. The number of hydrogen-bond acceptors (Lipinski definition) is 5. The molecule has 1 saturated heterocycles. The maximum Gasteiger partial charge on any atom is 0.325 e. The summed E-state index contributed by atoms with van der Waals surface area (Å²) in [5.74, 6) is -1.48. The summed E-state index contributed by atoms with van der Waals surface area (Å²) < 4.78 is 13.2. The van der Waals surface area contributed by atoms with Gasteiger partial charge in [0.2, 0.25) is 5.91 Å². The van der Waals surface area contributed by atoms with E-state index in [0.29, 0.717) is 10.7 Å². The number of imide groups is 1. The number of thiazole rings is 1. The molecule has 1 aliphatic heterocycles. The quantitative estimate of drug-likeness (QED) is 0.769. The molecule has 146 valence electrons. The molecule has 9 heteroatoms. The van der Waals surface area contributed by atoms with Gasteiger partial charge in [-0.2, -0.15) is 0 Å². The minimum absolute atomic E-state index is 0.411. The second-order valence-corrected chi connectivity index (χ2v) is 8.18. The third-order valence-corrected chi connectivity index (χ3v) is 6.16. The van der Waals surface area contributed by atoms with E-state index in [0.717, 1.165) is 36.3 Å². The second-order valence-electron chi connectivity index (χ2n) is 7.10. The normalized spacial score (nSPS) is 21.4. The summed E-state index contributed by atoms with van der Waals surface area (Å²) in [5.41, 5.74) is 0.124. The fourth-order valence-corrected chi connectivity index (χ4v) is 4.59. The Balaban J connectivity index is 1.46. The van der Waals surface area contributed by atoms with Crippen molar-refractivity contribution in [1.82, 2.24) is 15.2 Å². The molecule has 1 aliphatic carbocycles. The number of aryl methyl sites for hydroxylation is 2. The highest BCUT2D eigenvalue weighted by Gasteiger charge is 2.49. The fourth-order valence-electron chi connectivity index (χ4n) is 3.53. The van der Waals surface area contributed by atoms with Crippen LogP contribution in [0, 0.1) is 5.82 Å². The fraction of sp³-hybridized carbons (Fsp3) is 0.368. The Hall–Kier alpha value is -2.81. The number of carbonyl (C=O) groups excluding carboxylic acids is 3. The predicted octanol–water partition coefficient (Wildman–Crippen LogP) is 2.57. The van der Waals surface area contributed by atoms with Crippen molar-refractivity contribution in [3.05, 3.63) is 46.2 Å². The number of fused-ring (bicyclic) bond motifs is 1. The molecule has 1 fully saturated rings. The highest BCUT2D eigenvalue weighted by Crippen LogP contribution is 2.31. The number of rotatable bonds is 4. The maximum absolute atomic E-state index is 13.2. The summed E-state index contributed by atoms with van der Waals surface area (Å²) in [5, 5.41) is 5.77. The molecular formula is C19H19FN4O3S. The Morgan fingerprint density at radius 2 is 2.00 bits per heavy atom. The predicted molar refractivity (Wildman–Crippen MR) is 101 cm³/mol. The van der Waals surface area contributed by atoms with E-state index in [1.54, 1.807) is 0 Å². The number of hydrogen-bond donors (Lipinski definition) is 2. The van der Waals surface area contributed by atoms with Crippen LogP contribution in [-0.2, 0) is 28.0 Å². The van der Waals surface area contributed by atoms with Crippen LogP contribution < -0.4 is 10.6 Å². The number of benzene rings is 1. The number of nitrogens with one attached hydrogen (secondary N) is 2. The zero-order valence-electron chi connectivity index (χ0n) is 15.3. The number of amides is 4. The van der Waals surface area contributed by atoms with Gasteiger partial charge in [0.05, 0.1) is 5.69 Å². The number of anilines is 1. The Morgan fingerprint density at radius 3 is 2.71 bits per heavy atom. The van der Waals surface area contributed by atoms with Crippen LogP contribution in [0.4, 0.5) is 14.3 Å². The average Bonchev–Trinajstić information content (AvgIpc) is 3.16. The topological polar surface area (TPSA) is 91.4 Å². The highest BCUT2D eigenvalue weighted by atomic mass is 32.1. The van der Waals surface area contributed by atoms with Crippen molar-refractivity contribution in [3.63, 3.8) is 0 Å². The maximum atomic E-state index is 13.2. The lowest BCUT2D eigenvalue weighted by molar-refractivity contribution is -0.133. The van der Waals surface area contributed by atoms with Gasteiger partial charge in [0.1, 0.15) is 17.9 Å². The van der Waals surface area contributed by atoms with E-state index in [2.05, 4.69) is 15.6 Å². The van der Waals surface area contributed by atoms with E-state index in [4.69, 9.17) is 0 Å². The van der Waals surface area contributed by atoms with Gasteiger partial charge in [-0.25, -0.2) is 14.2 Å². The molecular weight excluding hydrogens is 383 g/mol. The van der Waals surface area contributed by atoms with E-state index >= 15 is 0 Å². The van der Waals surface area contributed by atoms with E-state index < -0.39 is 35.7 Å². The van der Waals surface area contributed by atoms with E-state index in [1.165, 1.54) is 47.4 Å². The van der Waals surface area contributed by atoms with Gasteiger partial charge in [0, 0.05) is 4.88 Å². The van der Waals surface area contributed by atoms with Crippen LogP contribution in [0.3, 0.4) is 0 Å². The van der Waals surface area contributed by atoms with Crippen molar-refractivity contribution < 1.29 is 18.8 Å². The largest absolute Gasteiger partial charge is 0.325 e. The van der Waals surface area contributed by atoms with Gasteiger partial charge in [-0.1, -0.05) is 12.1 Å². The third-order valence-electron chi connectivity index (χ3n) is 5.09. The molecule has 4 rings (SSSR count). The van der Waals surface area contributed by atoms with Crippen LogP contribution in [0.1, 0.15) is 35.9 Å². The van der Waals surface area contributed by atoms with Crippen molar-refractivity contribution in [1.29, 1.82) is 0 Å². The molecule has 0 radical (unpaired) electrons. The smallest absolute Gasteiger partial charge is 0.319 e. The molecule has 1 aromatic carbocycles. The van der Waals surface area contributed by atoms with Crippen LogP contribution in [0.2, 0.25) is 0 Å². The number of halogens is 1. The molecule has 1 aromatic heterocycles. The lowest BCUT2D eigenvalue weighted by Crippen LogP contribution is -2.42. The molecule has 28 heavy (non-hydrogen) atoms. The summed E-state index contributed by atoms with van der Waals surface area (Å²) >= 11 is 1.44. The molecule has 2 heterocycles. The summed E-state index contributed by atoms with van der Waals surface area (Å²) in [6.45, 7) is 1.12. The summed E-state index contributed by atoms with van der Waals surface area (Å²) in [7, 11) is 0. The van der Waals surface area contributed by atoms with Crippen LogP contribution in [0.15, 0.2) is 24.3 Å². The SMILES string of the molecule is CC1(c2ccc(F)cc2)NC(=O)N(CC(=O)Nc2nc3c(s2)CCCC3)C1=O.